The molecule has 1 amide bonds. The van der Waals surface area contributed by atoms with Crippen molar-refractivity contribution in [1.82, 2.24) is 20.2 Å². The second-order valence-electron chi connectivity index (χ2n) is 8.10. The van der Waals surface area contributed by atoms with Gasteiger partial charge in [-0.05, 0) is 54.6 Å². The Morgan fingerprint density at radius 2 is 1.43 bits per heavy atom. The van der Waals surface area contributed by atoms with Gasteiger partial charge in [0.1, 0.15) is 17.2 Å². The van der Waals surface area contributed by atoms with Crippen LogP contribution < -0.4 is 29.1 Å². The van der Waals surface area contributed by atoms with Crippen molar-refractivity contribution in [2.45, 2.75) is 5.16 Å². The van der Waals surface area contributed by atoms with E-state index in [1.807, 2.05) is 53.1 Å². The molecule has 0 atom stereocenters. The van der Waals surface area contributed by atoms with E-state index in [1.54, 1.807) is 33.5 Å². The first-order chi connectivity index (χ1) is 19.5. The molecular formula is C28H29N5O6S. The Morgan fingerprint density at radius 1 is 0.825 bits per heavy atom. The van der Waals surface area contributed by atoms with Gasteiger partial charge in [-0.15, -0.1) is 10.2 Å². The first-order valence-corrected chi connectivity index (χ1v) is 13.0. The van der Waals surface area contributed by atoms with Crippen LogP contribution in [-0.2, 0) is 4.79 Å². The standard InChI is InChI=1S/C28H29N5O6S/c1-35-21-10-6-18(7-11-21)27-31-32-28(33(27)20-8-12-22(36-2)13-9-20)40-17-26(34)30-29-16-19-14-24(38-4)25(39-5)15-23(19)37-3/h6-16H,17H2,1-5H3,(H,30,34)/b29-16-. The molecule has 12 heteroatoms. The number of rotatable bonds is 12. The molecule has 0 aliphatic rings. The smallest absolute Gasteiger partial charge is 0.250 e. The molecule has 11 nitrogen and oxygen atoms in total. The fourth-order valence-corrected chi connectivity index (χ4v) is 4.49. The molecule has 208 valence electrons. The number of benzene rings is 3. The van der Waals surface area contributed by atoms with Gasteiger partial charge in [-0.1, -0.05) is 11.8 Å². The number of methoxy groups -OCH3 is 5. The summed E-state index contributed by atoms with van der Waals surface area (Å²) in [7, 11) is 7.84. The number of ether oxygens (including phenoxy) is 5. The van der Waals surface area contributed by atoms with Crippen molar-refractivity contribution in [2.75, 3.05) is 41.3 Å². The summed E-state index contributed by atoms with van der Waals surface area (Å²) in [5.41, 5.74) is 4.81. The monoisotopic (exact) mass is 563 g/mol. The van der Waals surface area contributed by atoms with Gasteiger partial charge < -0.3 is 23.7 Å². The molecule has 0 radical (unpaired) electrons. The Morgan fingerprint density at radius 3 is 2.02 bits per heavy atom. The lowest BCUT2D eigenvalue weighted by molar-refractivity contribution is -0.118. The van der Waals surface area contributed by atoms with Crippen LogP contribution in [0, 0.1) is 0 Å². The fraction of sp³-hybridized carbons (Fsp3) is 0.214. The summed E-state index contributed by atoms with van der Waals surface area (Å²) in [6.45, 7) is 0. The summed E-state index contributed by atoms with van der Waals surface area (Å²) in [4.78, 5) is 12.7. The minimum absolute atomic E-state index is 0.0529. The quantitative estimate of drug-likeness (QED) is 0.154. The Bertz CT molecular complexity index is 1470. The number of aromatic nitrogens is 3. The van der Waals surface area contributed by atoms with Crippen LogP contribution in [0.5, 0.6) is 28.7 Å². The van der Waals surface area contributed by atoms with Gasteiger partial charge in [0, 0.05) is 22.9 Å². The van der Waals surface area contributed by atoms with E-state index in [-0.39, 0.29) is 11.7 Å². The van der Waals surface area contributed by atoms with Gasteiger partial charge in [0.25, 0.3) is 5.91 Å². The lowest BCUT2D eigenvalue weighted by Gasteiger charge is -2.12. The zero-order valence-corrected chi connectivity index (χ0v) is 23.5. The van der Waals surface area contributed by atoms with E-state index in [0.29, 0.717) is 33.8 Å². The van der Waals surface area contributed by atoms with E-state index >= 15 is 0 Å². The number of carbonyl (C=O) groups is 1. The number of nitrogens with one attached hydrogen (secondary N) is 1. The number of hydrogen-bond acceptors (Lipinski definition) is 10. The maximum Gasteiger partial charge on any atom is 0.250 e. The van der Waals surface area contributed by atoms with Crippen molar-refractivity contribution in [3.8, 4) is 45.8 Å². The number of carbonyl (C=O) groups excluding carboxylic acids is 1. The molecule has 0 aliphatic carbocycles. The number of nitrogens with zero attached hydrogens (tertiary/aromatic N) is 4. The van der Waals surface area contributed by atoms with Gasteiger partial charge >= 0.3 is 0 Å². The topological polar surface area (TPSA) is 118 Å². The second-order valence-corrected chi connectivity index (χ2v) is 9.04. The van der Waals surface area contributed by atoms with Crippen LogP contribution in [0.1, 0.15) is 5.56 Å². The van der Waals surface area contributed by atoms with Crippen molar-refractivity contribution in [2.24, 2.45) is 5.10 Å². The van der Waals surface area contributed by atoms with Crippen LogP contribution in [0.15, 0.2) is 70.9 Å². The van der Waals surface area contributed by atoms with Crippen LogP contribution >= 0.6 is 11.8 Å². The van der Waals surface area contributed by atoms with Gasteiger partial charge in [-0.2, -0.15) is 5.10 Å². The van der Waals surface area contributed by atoms with Gasteiger partial charge in [-0.3, -0.25) is 9.36 Å². The highest BCUT2D eigenvalue weighted by Crippen LogP contribution is 2.34. The van der Waals surface area contributed by atoms with Crippen LogP contribution in [0.3, 0.4) is 0 Å². The molecule has 4 rings (SSSR count). The highest BCUT2D eigenvalue weighted by atomic mass is 32.2. The average Bonchev–Trinajstić information content (AvgIpc) is 3.43. The van der Waals surface area contributed by atoms with Crippen molar-refractivity contribution < 1.29 is 28.5 Å². The summed E-state index contributed by atoms with van der Waals surface area (Å²) in [6.07, 6.45) is 1.48. The number of hydrazone groups is 1. The number of amides is 1. The summed E-state index contributed by atoms with van der Waals surface area (Å²) in [6, 6.07) is 18.4. The first-order valence-electron chi connectivity index (χ1n) is 12.0. The summed E-state index contributed by atoms with van der Waals surface area (Å²) in [5, 5.41) is 13.4. The van der Waals surface area contributed by atoms with Crippen LogP contribution in [0.4, 0.5) is 0 Å². The van der Waals surface area contributed by atoms with E-state index in [1.165, 1.54) is 32.2 Å². The molecule has 4 aromatic rings. The average molecular weight is 564 g/mol. The molecule has 0 bridgehead atoms. The normalized spacial score (nSPS) is 10.8. The zero-order chi connectivity index (χ0) is 28.5. The predicted molar refractivity (Wildman–Crippen MR) is 152 cm³/mol. The molecule has 1 heterocycles. The van der Waals surface area contributed by atoms with Gasteiger partial charge in [0.05, 0.1) is 47.5 Å². The molecule has 1 N–H and O–H groups in total. The second kappa shape index (κ2) is 13.4. The van der Waals surface area contributed by atoms with Crippen molar-refractivity contribution in [3.05, 3.63) is 66.2 Å². The number of thioether (sulfide) groups is 1. The van der Waals surface area contributed by atoms with E-state index in [9.17, 15) is 4.79 Å². The lowest BCUT2D eigenvalue weighted by Crippen LogP contribution is -2.20. The third kappa shape index (κ3) is 6.46. The van der Waals surface area contributed by atoms with Crippen molar-refractivity contribution in [1.29, 1.82) is 0 Å². The Kier molecular flexibility index (Phi) is 9.47. The maximum absolute atomic E-state index is 12.7. The SMILES string of the molecule is COc1ccc(-c2nnc(SCC(=O)N/N=C\c3cc(OC)c(OC)cc3OC)n2-c2ccc(OC)cc2)cc1. The van der Waals surface area contributed by atoms with Gasteiger partial charge in [0.15, 0.2) is 22.5 Å². The summed E-state index contributed by atoms with van der Waals surface area (Å²) in [5.74, 6) is 3.35. The third-order valence-electron chi connectivity index (χ3n) is 5.77. The van der Waals surface area contributed by atoms with E-state index in [2.05, 4.69) is 20.7 Å². The largest absolute Gasteiger partial charge is 0.497 e. The molecule has 0 saturated carbocycles. The molecule has 3 aromatic carbocycles. The van der Waals surface area contributed by atoms with E-state index in [0.717, 1.165) is 22.7 Å². The minimum atomic E-state index is -0.323. The molecule has 40 heavy (non-hydrogen) atoms. The Balaban J connectivity index is 1.52. The molecule has 0 spiro atoms. The van der Waals surface area contributed by atoms with Crippen LogP contribution in [0.2, 0.25) is 0 Å². The molecule has 0 fully saturated rings. The van der Waals surface area contributed by atoms with Crippen molar-refractivity contribution in [3.63, 3.8) is 0 Å². The highest BCUT2D eigenvalue weighted by molar-refractivity contribution is 7.99. The van der Waals surface area contributed by atoms with Gasteiger partial charge in [0.2, 0.25) is 0 Å². The molecule has 0 saturated heterocycles. The molecule has 1 aromatic heterocycles. The fourth-order valence-electron chi connectivity index (χ4n) is 3.74. The molecule has 0 unspecified atom stereocenters. The van der Waals surface area contributed by atoms with Crippen molar-refractivity contribution >= 4 is 23.9 Å². The summed E-state index contributed by atoms with van der Waals surface area (Å²) < 4.78 is 28.5. The Labute approximate surface area is 236 Å². The molecule has 0 aliphatic heterocycles. The predicted octanol–water partition coefficient (Wildman–Crippen LogP) is 4.22. The van der Waals surface area contributed by atoms with E-state index < -0.39 is 0 Å². The third-order valence-corrected chi connectivity index (χ3v) is 6.70. The lowest BCUT2D eigenvalue weighted by atomic mass is 10.2. The van der Waals surface area contributed by atoms with Crippen LogP contribution in [0.25, 0.3) is 17.1 Å². The zero-order valence-electron chi connectivity index (χ0n) is 22.7. The Hall–Kier alpha value is -4.71. The molecular weight excluding hydrogens is 534 g/mol. The van der Waals surface area contributed by atoms with Gasteiger partial charge in [-0.25, -0.2) is 5.43 Å². The van der Waals surface area contributed by atoms with E-state index in [4.69, 9.17) is 23.7 Å². The van der Waals surface area contributed by atoms with Crippen LogP contribution in [-0.4, -0.2) is 68.2 Å². The highest BCUT2D eigenvalue weighted by Gasteiger charge is 2.18. The summed E-state index contributed by atoms with van der Waals surface area (Å²) >= 11 is 1.23. The number of hydrogen-bond donors (Lipinski definition) is 1. The first kappa shape index (κ1) is 28.3. The minimum Gasteiger partial charge on any atom is -0.497 e. The maximum atomic E-state index is 12.7.